The largest absolute Gasteiger partial charge is 0.388 e. The molecule has 0 saturated carbocycles. The summed E-state index contributed by atoms with van der Waals surface area (Å²) in [4.78, 5) is 2.45. The molecule has 0 radical (unpaired) electrons. The summed E-state index contributed by atoms with van der Waals surface area (Å²) >= 11 is 0. The first-order valence-corrected chi connectivity index (χ1v) is 3.81. The predicted molar refractivity (Wildman–Crippen MR) is 41.5 cm³/mol. The fourth-order valence-corrected chi connectivity index (χ4v) is 1.18. The first-order chi connectivity index (χ1) is 6.07. The van der Waals surface area contributed by atoms with E-state index in [2.05, 4.69) is 10.0 Å². The lowest BCUT2D eigenvalue weighted by atomic mass is 9.99. The first kappa shape index (κ1) is 10.2. The molecule has 5 atom stereocenters. The van der Waals surface area contributed by atoms with Crippen LogP contribution in [0.2, 0.25) is 0 Å². The van der Waals surface area contributed by atoms with E-state index in [0.717, 1.165) is 0 Å². The van der Waals surface area contributed by atoms with Gasteiger partial charge in [-0.3, -0.25) is 0 Å². The Kier molecular flexibility index (Phi) is 3.07. The van der Waals surface area contributed by atoms with Crippen molar-refractivity contribution in [2.45, 2.75) is 37.6 Å². The maximum Gasteiger partial charge on any atom is 0.165 e. The van der Waals surface area contributed by atoms with E-state index in [1.807, 2.05) is 0 Å². The summed E-state index contributed by atoms with van der Waals surface area (Å²) in [6.07, 6.45) is -5.71. The van der Waals surface area contributed by atoms with Crippen molar-refractivity contribution in [3.8, 4) is 0 Å². The molecule has 0 amide bonds. The second-order valence-electron chi connectivity index (χ2n) is 2.91. The second-order valence-corrected chi connectivity index (χ2v) is 2.91. The first-order valence-electron chi connectivity index (χ1n) is 3.81. The van der Waals surface area contributed by atoms with Crippen molar-refractivity contribution < 1.29 is 20.1 Å². The van der Waals surface area contributed by atoms with Gasteiger partial charge in [-0.25, -0.2) is 0 Å². The van der Waals surface area contributed by atoms with Crippen LogP contribution in [0.3, 0.4) is 0 Å². The number of nitrogens with zero attached hydrogens (tertiary/aromatic N) is 3. The Morgan fingerprint density at radius 3 is 2.38 bits per heavy atom. The molecule has 0 aromatic carbocycles. The smallest absolute Gasteiger partial charge is 0.165 e. The van der Waals surface area contributed by atoms with Crippen LogP contribution >= 0.6 is 0 Å². The molecule has 74 valence electrons. The number of hydrogen-bond acceptors (Lipinski definition) is 5. The zero-order valence-corrected chi connectivity index (χ0v) is 6.98. The van der Waals surface area contributed by atoms with Gasteiger partial charge in [-0.05, 0) is 12.5 Å². The fourth-order valence-electron chi connectivity index (χ4n) is 1.18. The topological polar surface area (TPSA) is 119 Å². The average Bonchev–Trinajstić information content (AvgIpc) is 2.11. The predicted octanol–water partition coefficient (Wildman–Crippen LogP) is -0.876. The molecule has 0 aliphatic carbocycles. The van der Waals surface area contributed by atoms with Gasteiger partial charge in [0.15, 0.2) is 6.23 Å². The Labute approximate surface area is 74.2 Å². The highest BCUT2D eigenvalue weighted by atomic mass is 16.5. The minimum absolute atomic E-state index is 0.672. The highest BCUT2D eigenvalue weighted by Gasteiger charge is 2.41. The minimum atomic E-state index is -1.39. The standard InChI is InChI=1S/C6H11N3O4/c1-2-3(10)4(11)5(12)6(13-2)8-9-7/h2-6,10-12H,1H3/t2-,3-,4+,5+,6?/m0/s1. The van der Waals surface area contributed by atoms with Crippen molar-refractivity contribution in [1.29, 1.82) is 0 Å². The molecule has 3 N–H and O–H groups in total. The van der Waals surface area contributed by atoms with Crippen molar-refractivity contribution in [1.82, 2.24) is 0 Å². The second kappa shape index (κ2) is 3.91. The van der Waals surface area contributed by atoms with Gasteiger partial charge in [-0.2, -0.15) is 0 Å². The van der Waals surface area contributed by atoms with Crippen LogP contribution in [-0.4, -0.2) is 46.0 Å². The molecular formula is C6H11N3O4. The van der Waals surface area contributed by atoms with Crippen LogP contribution in [-0.2, 0) is 4.74 Å². The van der Waals surface area contributed by atoms with Crippen molar-refractivity contribution in [2.24, 2.45) is 5.11 Å². The quantitative estimate of drug-likeness (QED) is 0.282. The van der Waals surface area contributed by atoms with Crippen molar-refractivity contribution in [3.05, 3.63) is 10.4 Å². The Bertz CT molecular complexity index is 230. The van der Waals surface area contributed by atoms with Crippen molar-refractivity contribution in [3.63, 3.8) is 0 Å². The lowest BCUT2D eigenvalue weighted by Gasteiger charge is -2.37. The molecule has 1 saturated heterocycles. The Hall–Kier alpha value is -0.850. The van der Waals surface area contributed by atoms with Gasteiger partial charge in [-0.1, -0.05) is 5.11 Å². The van der Waals surface area contributed by atoms with Crippen LogP contribution in [0.4, 0.5) is 0 Å². The summed E-state index contributed by atoms with van der Waals surface area (Å²) in [5.74, 6) is 0. The third kappa shape index (κ3) is 1.90. The molecule has 1 aliphatic rings. The Morgan fingerprint density at radius 2 is 1.85 bits per heavy atom. The number of hydrogen-bond donors (Lipinski definition) is 3. The maximum atomic E-state index is 9.26. The van der Waals surface area contributed by atoms with Crippen LogP contribution in [0, 0.1) is 0 Å². The third-order valence-corrected chi connectivity index (χ3v) is 1.99. The summed E-state index contributed by atoms with van der Waals surface area (Å²) in [7, 11) is 0. The number of rotatable bonds is 1. The SMILES string of the molecule is C[C@@H]1OC(N=[N+]=[N-])[C@H](O)[C@H](O)[C@H]1O. The highest BCUT2D eigenvalue weighted by molar-refractivity contribution is 4.89. The van der Waals surface area contributed by atoms with E-state index in [4.69, 9.17) is 10.3 Å². The van der Waals surface area contributed by atoms with Gasteiger partial charge in [0, 0.05) is 4.91 Å². The number of aliphatic hydroxyl groups excluding tert-OH is 3. The van der Waals surface area contributed by atoms with E-state index in [9.17, 15) is 15.3 Å². The van der Waals surface area contributed by atoms with Gasteiger partial charge < -0.3 is 20.1 Å². The molecule has 0 bridgehead atoms. The zero-order valence-electron chi connectivity index (χ0n) is 6.98. The molecule has 1 aliphatic heterocycles. The average molecular weight is 189 g/mol. The molecule has 0 aromatic heterocycles. The molecule has 1 heterocycles. The van der Waals surface area contributed by atoms with Gasteiger partial charge in [0.1, 0.15) is 18.3 Å². The van der Waals surface area contributed by atoms with Crippen LogP contribution in [0.1, 0.15) is 6.92 Å². The van der Waals surface area contributed by atoms with Crippen molar-refractivity contribution in [2.75, 3.05) is 0 Å². The van der Waals surface area contributed by atoms with Crippen LogP contribution in [0.5, 0.6) is 0 Å². The summed E-state index contributed by atoms with van der Waals surface area (Å²) < 4.78 is 4.94. The molecule has 1 rings (SSSR count). The van der Waals surface area contributed by atoms with E-state index in [1.165, 1.54) is 6.92 Å². The molecule has 1 fully saturated rings. The molecule has 1 unspecified atom stereocenters. The molecule has 7 nitrogen and oxygen atoms in total. The molecule has 0 aromatic rings. The van der Waals surface area contributed by atoms with Crippen LogP contribution in [0.15, 0.2) is 5.11 Å². The van der Waals surface area contributed by atoms with Gasteiger partial charge in [0.05, 0.1) is 6.10 Å². The number of azide groups is 1. The third-order valence-electron chi connectivity index (χ3n) is 1.99. The number of aliphatic hydroxyl groups is 3. The van der Waals surface area contributed by atoms with E-state index < -0.39 is 30.6 Å². The molecule has 0 spiro atoms. The fraction of sp³-hybridized carbons (Fsp3) is 1.00. The van der Waals surface area contributed by atoms with Crippen LogP contribution < -0.4 is 0 Å². The zero-order chi connectivity index (χ0) is 10.0. The maximum absolute atomic E-state index is 9.26. The van der Waals surface area contributed by atoms with Crippen LogP contribution in [0.25, 0.3) is 10.4 Å². The lowest BCUT2D eigenvalue weighted by Crippen LogP contribution is -2.55. The van der Waals surface area contributed by atoms with E-state index in [-0.39, 0.29) is 0 Å². The van der Waals surface area contributed by atoms with E-state index in [0.29, 0.717) is 0 Å². The summed E-state index contributed by atoms with van der Waals surface area (Å²) in [5, 5.41) is 30.9. The van der Waals surface area contributed by atoms with Gasteiger partial charge in [0.2, 0.25) is 0 Å². The van der Waals surface area contributed by atoms with E-state index in [1.54, 1.807) is 0 Å². The molecule has 7 heteroatoms. The van der Waals surface area contributed by atoms with Gasteiger partial charge in [0.25, 0.3) is 0 Å². The Balaban J connectivity index is 2.75. The Morgan fingerprint density at radius 1 is 1.23 bits per heavy atom. The minimum Gasteiger partial charge on any atom is -0.388 e. The summed E-state index contributed by atoms with van der Waals surface area (Å²) in [5.41, 5.74) is 8.10. The monoisotopic (exact) mass is 189 g/mol. The van der Waals surface area contributed by atoms with Gasteiger partial charge >= 0.3 is 0 Å². The van der Waals surface area contributed by atoms with Crippen molar-refractivity contribution >= 4 is 0 Å². The summed E-state index contributed by atoms with van der Waals surface area (Å²) in [6.45, 7) is 1.51. The lowest BCUT2D eigenvalue weighted by molar-refractivity contribution is -0.214. The molecule has 13 heavy (non-hydrogen) atoms. The number of ether oxygens (including phenoxy) is 1. The highest BCUT2D eigenvalue weighted by Crippen LogP contribution is 2.21. The summed E-state index contributed by atoms with van der Waals surface area (Å²) in [6, 6.07) is 0. The molecular weight excluding hydrogens is 178 g/mol. The normalized spacial score (nSPS) is 45.4. The van der Waals surface area contributed by atoms with E-state index >= 15 is 0 Å². The van der Waals surface area contributed by atoms with Gasteiger partial charge in [-0.15, -0.1) is 0 Å².